The third-order valence-electron chi connectivity index (χ3n) is 8.15. The molecule has 0 fully saturated rings. The lowest BCUT2D eigenvalue weighted by atomic mass is 9.66. The van der Waals surface area contributed by atoms with E-state index in [-0.39, 0.29) is 0 Å². The Hall–Kier alpha value is -3.52. The number of hydrogen-bond acceptors (Lipinski definition) is 2. The average molecular weight is 519 g/mol. The number of benzene rings is 4. The standard InChI is InChI=1S/C37H42O2/c1-7-9-11-28-21-30(24-32(22-28)39-16-10-8-2)37(29-17-27(5)18-31(23-29)38-6)35-19-25(3)12-14-33(35)34-15-13-26(4)20-36(34)37/h12-15,17-24H,7-11,16H2,1-6H3. The molecule has 0 spiro atoms. The van der Waals surface area contributed by atoms with Crippen LogP contribution in [-0.4, -0.2) is 13.7 Å². The monoisotopic (exact) mass is 518 g/mol. The van der Waals surface area contributed by atoms with Gasteiger partial charge in [0.1, 0.15) is 11.5 Å². The van der Waals surface area contributed by atoms with E-state index in [1.54, 1.807) is 7.11 Å². The first-order valence-electron chi connectivity index (χ1n) is 14.6. The van der Waals surface area contributed by atoms with E-state index in [1.807, 2.05) is 0 Å². The SMILES string of the molecule is CCCCOc1cc(CCCC)cc(C2(c3cc(C)cc(OC)c3)c3cc(C)ccc3-c3ccc(C)cc32)c1. The Morgan fingerprint density at radius 1 is 0.615 bits per heavy atom. The first-order valence-corrected chi connectivity index (χ1v) is 14.6. The van der Waals surface area contributed by atoms with Crippen molar-refractivity contribution in [3.63, 3.8) is 0 Å². The van der Waals surface area contributed by atoms with Crippen molar-refractivity contribution >= 4 is 0 Å². The van der Waals surface area contributed by atoms with Gasteiger partial charge in [0, 0.05) is 0 Å². The summed E-state index contributed by atoms with van der Waals surface area (Å²) in [4.78, 5) is 0. The zero-order valence-electron chi connectivity index (χ0n) is 24.5. The summed E-state index contributed by atoms with van der Waals surface area (Å²) in [6, 6.07) is 27.6. The quantitative estimate of drug-likeness (QED) is 0.171. The molecular weight excluding hydrogens is 476 g/mol. The number of fused-ring (bicyclic) bond motifs is 3. The summed E-state index contributed by atoms with van der Waals surface area (Å²) in [6.07, 6.45) is 5.55. The van der Waals surface area contributed by atoms with Crippen molar-refractivity contribution in [2.24, 2.45) is 0 Å². The molecule has 0 amide bonds. The Morgan fingerprint density at radius 3 is 1.85 bits per heavy atom. The number of hydrogen-bond donors (Lipinski definition) is 0. The van der Waals surface area contributed by atoms with E-state index >= 15 is 0 Å². The topological polar surface area (TPSA) is 18.5 Å². The van der Waals surface area contributed by atoms with E-state index < -0.39 is 5.41 Å². The summed E-state index contributed by atoms with van der Waals surface area (Å²) < 4.78 is 12.3. The van der Waals surface area contributed by atoms with Crippen LogP contribution in [0.25, 0.3) is 11.1 Å². The summed E-state index contributed by atoms with van der Waals surface area (Å²) in [5, 5.41) is 0. The molecule has 5 rings (SSSR count). The maximum Gasteiger partial charge on any atom is 0.119 e. The molecule has 0 atom stereocenters. The van der Waals surface area contributed by atoms with Crippen molar-refractivity contribution in [2.75, 3.05) is 13.7 Å². The molecule has 0 N–H and O–H groups in total. The predicted molar refractivity (Wildman–Crippen MR) is 164 cm³/mol. The van der Waals surface area contributed by atoms with Gasteiger partial charge in [0.2, 0.25) is 0 Å². The summed E-state index contributed by atoms with van der Waals surface area (Å²) in [5.74, 6) is 1.86. The second-order valence-corrected chi connectivity index (χ2v) is 11.3. The van der Waals surface area contributed by atoms with Crippen LogP contribution in [0.2, 0.25) is 0 Å². The highest BCUT2D eigenvalue weighted by molar-refractivity contribution is 5.87. The summed E-state index contributed by atoms with van der Waals surface area (Å²) in [5.41, 5.74) is 12.4. The van der Waals surface area contributed by atoms with Gasteiger partial charge in [-0.3, -0.25) is 0 Å². The molecule has 0 unspecified atom stereocenters. The fraction of sp³-hybridized carbons (Fsp3) is 0.351. The van der Waals surface area contributed by atoms with Gasteiger partial charge in [-0.1, -0.05) is 86.3 Å². The molecule has 0 bridgehead atoms. The minimum atomic E-state index is -0.479. The Labute approximate surface area is 235 Å². The fourth-order valence-electron chi connectivity index (χ4n) is 6.24. The molecular formula is C37H42O2. The normalized spacial score (nSPS) is 13.2. The molecule has 2 nitrogen and oxygen atoms in total. The molecule has 1 aliphatic rings. The fourth-order valence-corrected chi connectivity index (χ4v) is 6.24. The van der Waals surface area contributed by atoms with Gasteiger partial charge in [-0.25, -0.2) is 0 Å². The molecule has 39 heavy (non-hydrogen) atoms. The lowest BCUT2D eigenvalue weighted by Gasteiger charge is -2.35. The summed E-state index contributed by atoms with van der Waals surface area (Å²) in [6.45, 7) is 11.8. The van der Waals surface area contributed by atoms with Crippen molar-refractivity contribution in [2.45, 2.75) is 72.1 Å². The van der Waals surface area contributed by atoms with Crippen molar-refractivity contribution in [3.8, 4) is 22.6 Å². The van der Waals surface area contributed by atoms with Gasteiger partial charge in [-0.2, -0.15) is 0 Å². The van der Waals surface area contributed by atoms with Crippen LogP contribution in [0.15, 0.2) is 72.8 Å². The van der Waals surface area contributed by atoms with E-state index in [4.69, 9.17) is 9.47 Å². The van der Waals surface area contributed by atoms with E-state index in [0.717, 1.165) is 43.8 Å². The summed E-state index contributed by atoms with van der Waals surface area (Å²) in [7, 11) is 1.76. The Bertz CT molecular complexity index is 1430. The third kappa shape index (κ3) is 4.98. The highest BCUT2D eigenvalue weighted by Gasteiger charge is 2.47. The average Bonchev–Trinajstić information content (AvgIpc) is 3.20. The molecule has 0 aromatic heterocycles. The second kappa shape index (κ2) is 11.3. The van der Waals surface area contributed by atoms with Crippen molar-refractivity contribution in [1.82, 2.24) is 0 Å². The molecule has 1 aliphatic carbocycles. The van der Waals surface area contributed by atoms with Gasteiger partial charge >= 0.3 is 0 Å². The van der Waals surface area contributed by atoms with Crippen LogP contribution in [0.4, 0.5) is 0 Å². The lowest BCUT2D eigenvalue weighted by molar-refractivity contribution is 0.308. The zero-order valence-corrected chi connectivity index (χ0v) is 24.5. The minimum Gasteiger partial charge on any atom is -0.497 e. The van der Waals surface area contributed by atoms with Crippen LogP contribution >= 0.6 is 0 Å². The Kier molecular flexibility index (Phi) is 7.84. The zero-order chi connectivity index (χ0) is 27.6. The van der Waals surface area contributed by atoms with E-state index in [2.05, 4.69) is 107 Å². The van der Waals surface area contributed by atoms with Crippen LogP contribution in [0.3, 0.4) is 0 Å². The largest absolute Gasteiger partial charge is 0.497 e. The number of methoxy groups -OCH3 is 1. The molecule has 0 aliphatic heterocycles. The van der Waals surface area contributed by atoms with Crippen molar-refractivity contribution in [1.29, 1.82) is 0 Å². The van der Waals surface area contributed by atoms with Gasteiger partial charge in [0.25, 0.3) is 0 Å². The molecule has 4 aromatic carbocycles. The minimum absolute atomic E-state index is 0.479. The number of rotatable bonds is 10. The molecule has 4 aromatic rings. The van der Waals surface area contributed by atoms with Crippen LogP contribution < -0.4 is 9.47 Å². The Balaban J connectivity index is 1.89. The Morgan fingerprint density at radius 2 is 1.23 bits per heavy atom. The first kappa shape index (κ1) is 27.1. The predicted octanol–water partition coefficient (Wildman–Crippen LogP) is 9.51. The maximum absolute atomic E-state index is 6.42. The van der Waals surface area contributed by atoms with E-state index in [9.17, 15) is 0 Å². The number of ether oxygens (including phenoxy) is 2. The number of aryl methyl sites for hydroxylation is 4. The van der Waals surface area contributed by atoms with Gasteiger partial charge in [0.15, 0.2) is 0 Å². The maximum atomic E-state index is 6.42. The molecule has 202 valence electrons. The van der Waals surface area contributed by atoms with E-state index in [0.29, 0.717) is 0 Å². The van der Waals surface area contributed by atoms with Crippen LogP contribution in [-0.2, 0) is 11.8 Å². The van der Waals surface area contributed by atoms with Crippen molar-refractivity contribution in [3.05, 3.63) is 117 Å². The lowest BCUT2D eigenvalue weighted by Crippen LogP contribution is -2.29. The van der Waals surface area contributed by atoms with Gasteiger partial charge < -0.3 is 9.47 Å². The molecule has 2 heteroatoms. The second-order valence-electron chi connectivity index (χ2n) is 11.3. The van der Waals surface area contributed by atoms with Crippen LogP contribution in [0.5, 0.6) is 11.5 Å². The van der Waals surface area contributed by atoms with Crippen LogP contribution in [0, 0.1) is 20.8 Å². The molecule has 0 heterocycles. The summed E-state index contributed by atoms with van der Waals surface area (Å²) >= 11 is 0. The smallest absolute Gasteiger partial charge is 0.119 e. The number of unbranched alkanes of at least 4 members (excludes halogenated alkanes) is 2. The van der Waals surface area contributed by atoms with Gasteiger partial charge in [0.05, 0.1) is 19.1 Å². The molecule has 0 radical (unpaired) electrons. The van der Waals surface area contributed by atoms with Crippen LogP contribution in [0.1, 0.15) is 84.0 Å². The van der Waals surface area contributed by atoms with Gasteiger partial charge in [-0.05, 0) is 109 Å². The van der Waals surface area contributed by atoms with E-state index in [1.165, 1.54) is 62.1 Å². The highest BCUT2D eigenvalue weighted by Crippen LogP contribution is 2.57. The first-order chi connectivity index (χ1) is 18.9. The highest BCUT2D eigenvalue weighted by atomic mass is 16.5. The van der Waals surface area contributed by atoms with Crippen molar-refractivity contribution < 1.29 is 9.47 Å². The molecule has 0 saturated carbocycles. The van der Waals surface area contributed by atoms with Gasteiger partial charge in [-0.15, -0.1) is 0 Å². The molecule has 0 saturated heterocycles. The third-order valence-corrected chi connectivity index (χ3v) is 8.15.